The lowest BCUT2D eigenvalue weighted by Gasteiger charge is -2.27. The highest BCUT2D eigenvalue weighted by molar-refractivity contribution is 5.76. The molecular formula is C19H30N4O3. The van der Waals surface area contributed by atoms with E-state index >= 15 is 0 Å². The molecular weight excluding hydrogens is 332 g/mol. The molecule has 0 atom stereocenters. The van der Waals surface area contributed by atoms with Crippen LogP contribution in [0.25, 0.3) is 0 Å². The van der Waals surface area contributed by atoms with E-state index in [4.69, 9.17) is 4.74 Å². The number of amides is 1. The van der Waals surface area contributed by atoms with Crippen molar-refractivity contribution in [3.8, 4) is 0 Å². The van der Waals surface area contributed by atoms with Gasteiger partial charge < -0.3 is 14.5 Å². The number of ether oxygens (including phenoxy) is 1. The number of carbonyl (C=O) groups is 1. The molecule has 7 nitrogen and oxygen atoms in total. The second-order valence-electron chi connectivity index (χ2n) is 7.34. The van der Waals surface area contributed by atoms with Crippen molar-refractivity contribution < 1.29 is 9.53 Å². The van der Waals surface area contributed by atoms with E-state index in [1.807, 2.05) is 16.7 Å². The summed E-state index contributed by atoms with van der Waals surface area (Å²) in [5.41, 5.74) is 1.21. The molecule has 0 radical (unpaired) electrons. The van der Waals surface area contributed by atoms with Gasteiger partial charge in [0.2, 0.25) is 11.9 Å². The van der Waals surface area contributed by atoms with Gasteiger partial charge in [-0.3, -0.25) is 14.6 Å². The van der Waals surface area contributed by atoms with Crippen molar-refractivity contribution in [2.24, 2.45) is 5.92 Å². The molecule has 144 valence electrons. The normalized spacial score (nSPS) is 17.4. The molecule has 1 aliphatic carbocycles. The maximum Gasteiger partial charge on any atom is 0.255 e. The Hall–Kier alpha value is -1.89. The van der Waals surface area contributed by atoms with E-state index in [9.17, 15) is 9.59 Å². The van der Waals surface area contributed by atoms with Gasteiger partial charge in [-0.2, -0.15) is 0 Å². The zero-order valence-electron chi connectivity index (χ0n) is 15.9. The minimum Gasteiger partial charge on any atom is -0.378 e. The highest BCUT2D eigenvalue weighted by Crippen LogP contribution is 2.30. The fraction of sp³-hybridized carbons (Fsp3) is 0.737. The molecule has 2 aliphatic rings. The zero-order valence-corrected chi connectivity index (χ0v) is 15.9. The Morgan fingerprint density at radius 2 is 2.08 bits per heavy atom. The van der Waals surface area contributed by atoms with Crippen molar-refractivity contribution >= 4 is 11.9 Å². The lowest BCUT2D eigenvalue weighted by atomic mass is 10.1. The molecule has 1 saturated carbocycles. The molecule has 1 aromatic heterocycles. The number of rotatable bonds is 8. The Labute approximate surface area is 154 Å². The fourth-order valence-corrected chi connectivity index (χ4v) is 3.40. The fourth-order valence-electron chi connectivity index (χ4n) is 3.40. The molecule has 0 aromatic carbocycles. The van der Waals surface area contributed by atoms with Crippen LogP contribution in [0.1, 0.15) is 43.9 Å². The van der Waals surface area contributed by atoms with Gasteiger partial charge in [0.05, 0.1) is 13.2 Å². The SMILES string of the molecule is CCCN(CC1CC1)C(=O)CCc1c(C)nc(N2CCOCC2)[nH]c1=O. The first-order valence-corrected chi connectivity index (χ1v) is 9.78. The lowest BCUT2D eigenvalue weighted by Crippen LogP contribution is -2.39. The Bertz CT molecular complexity index is 678. The topological polar surface area (TPSA) is 78.5 Å². The molecule has 1 aliphatic heterocycles. The summed E-state index contributed by atoms with van der Waals surface area (Å²) in [6.45, 7) is 8.37. The van der Waals surface area contributed by atoms with Gasteiger partial charge in [0.25, 0.3) is 5.56 Å². The highest BCUT2D eigenvalue weighted by atomic mass is 16.5. The number of morpholine rings is 1. The smallest absolute Gasteiger partial charge is 0.255 e. The summed E-state index contributed by atoms with van der Waals surface area (Å²) in [7, 11) is 0. The molecule has 1 amide bonds. The number of hydrogen-bond donors (Lipinski definition) is 1. The zero-order chi connectivity index (χ0) is 18.5. The summed E-state index contributed by atoms with van der Waals surface area (Å²) < 4.78 is 5.34. The van der Waals surface area contributed by atoms with Gasteiger partial charge in [-0.05, 0) is 38.5 Å². The van der Waals surface area contributed by atoms with Gasteiger partial charge in [-0.25, -0.2) is 4.98 Å². The lowest BCUT2D eigenvalue weighted by molar-refractivity contribution is -0.131. The molecule has 26 heavy (non-hydrogen) atoms. The summed E-state index contributed by atoms with van der Waals surface area (Å²) in [4.78, 5) is 36.6. The highest BCUT2D eigenvalue weighted by Gasteiger charge is 2.26. The Morgan fingerprint density at radius 1 is 1.35 bits per heavy atom. The number of aromatic amines is 1. The number of H-pyrrole nitrogens is 1. The number of aromatic nitrogens is 2. The number of aryl methyl sites for hydroxylation is 1. The van der Waals surface area contributed by atoms with Crippen LogP contribution < -0.4 is 10.5 Å². The molecule has 3 rings (SSSR count). The molecule has 1 saturated heterocycles. The van der Waals surface area contributed by atoms with Gasteiger partial charge in [0.15, 0.2) is 0 Å². The summed E-state index contributed by atoms with van der Waals surface area (Å²) in [5.74, 6) is 1.44. The standard InChI is InChI=1S/C19H30N4O3/c1-3-8-23(13-15-4-5-15)17(24)7-6-16-14(2)20-19(21-18(16)25)22-9-11-26-12-10-22/h15H,3-13H2,1-2H3,(H,20,21,25). The number of nitrogens with zero attached hydrogens (tertiary/aromatic N) is 3. The van der Waals surface area contributed by atoms with Gasteiger partial charge in [0, 0.05) is 43.9 Å². The predicted molar refractivity (Wildman–Crippen MR) is 101 cm³/mol. The van der Waals surface area contributed by atoms with Crippen LogP contribution in [-0.4, -0.2) is 60.2 Å². The first kappa shape index (κ1) is 18.9. The molecule has 1 N–H and O–H groups in total. The third-order valence-electron chi connectivity index (χ3n) is 5.13. The average molecular weight is 362 g/mol. The van der Waals surface area contributed by atoms with Crippen LogP contribution in [0.2, 0.25) is 0 Å². The van der Waals surface area contributed by atoms with Crippen molar-refractivity contribution in [3.05, 3.63) is 21.6 Å². The molecule has 0 unspecified atom stereocenters. The van der Waals surface area contributed by atoms with E-state index in [1.165, 1.54) is 12.8 Å². The maximum absolute atomic E-state index is 12.6. The molecule has 0 bridgehead atoms. The quantitative estimate of drug-likeness (QED) is 0.758. The molecule has 7 heteroatoms. The van der Waals surface area contributed by atoms with Crippen LogP contribution in [0.4, 0.5) is 5.95 Å². The largest absolute Gasteiger partial charge is 0.378 e. The van der Waals surface area contributed by atoms with Gasteiger partial charge in [-0.15, -0.1) is 0 Å². The van der Waals surface area contributed by atoms with Gasteiger partial charge >= 0.3 is 0 Å². The van der Waals surface area contributed by atoms with Crippen LogP contribution in [-0.2, 0) is 16.0 Å². The van der Waals surface area contributed by atoms with Crippen molar-refractivity contribution in [2.75, 3.05) is 44.3 Å². The Kier molecular flexibility index (Phi) is 6.29. The monoisotopic (exact) mass is 362 g/mol. The van der Waals surface area contributed by atoms with Crippen LogP contribution in [0.3, 0.4) is 0 Å². The van der Waals surface area contributed by atoms with E-state index in [0.29, 0.717) is 49.2 Å². The number of nitrogens with one attached hydrogen (secondary N) is 1. The second-order valence-corrected chi connectivity index (χ2v) is 7.34. The molecule has 0 spiro atoms. The van der Waals surface area contributed by atoms with E-state index in [1.54, 1.807) is 0 Å². The molecule has 1 aromatic rings. The van der Waals surface area contributed by atoms with Crippen molar-refractivity contribution in [2.45, 2.75) is 46.0 Å². The van der Waals surface area contributed by atoms with E-state index in [0.717, 1.165) is 32.6 Å². The number of anilines is 1. The summed E-state index contributed by atoms with van der Waals surface area (Å²) in [6, 6.07) is 0. The third kappa shape index (κ3) is 4.84. The van der Waals surface area contributed by atoms with Crippen LogP contribution in [0.15, 0.2) is 4.79 Å². The molecule has 2 heterocycles. The maximum atomic E-state index is 12.6. The van der Waals surface area contributed by atoms with Gasteiger partial charge in [0.1, 0.15) is 0 Å². The van der Waals surface area contributed by atoms with E-state index < -0.39 is 0 Å². The van der Waals surface area contributed by atoms with Crippen molar-refractivity contribution in [1.82, 2.24) is 14.9 Å². The van der Waals surface area contributed by atoms with Crippen LogP contribution in [0.5, 0.6) is 0 Å². The van der Waals surface area contributed by atoms with Crippen LogP contribution >= 0.6 is 0 Å². The van der Waals surface area contributed by atoms with Crippen molar-refractivity contribution in [3.63, 3.8) is 0 Å². The second kappa shape index (κ2) is 8.66. The minimum atomic E-state index is -0.129. The van der Waals surface area contributed by atoms with E-state index in [2.05, 4.69) is 16.9 Å². The first-order valence-electron chi connectivity index (χ1n) is 9.78. The van der Waals surface area contributed by atoms with Gasteiger partial charge in [-0.1, -0.05) is 6.92 Å². The van der Waals surface area contributed by atoms with Crippen molar-refractivity contribution in [1.29, 1.82) is 0 Å². The molecule has 2 fully saturated rings. The van der Waals surface area contributed by atoms with Crippen LogP contribution in [0, 0.1) is 12.8 Å². The minimum absolute atomic E-state index is 0.129. The average Bonchev–Trinajstić information content (AvgIpc) is 3.45. The summed E-state index contributed by atoms with van der Waals surface area (Å²) >= 11 is 0. The predicted octanol–water partition coefficient (Wildman–Crippen LogP) is 1.50. The third-order valence-corrected chi connectivity index (χ3v) is 5.13. The summed E-state index contributed by atoms with van der Waals surface area (Å²) in [6.07, 6.45) is 4.25. The number of hydrogen-bond acceptors (Lipinski definition) is 5. The Balaban J connectivity index is 1.63. The first-order chi connectivity index (χ1) is 12.6. The number of carbonyl (C=O) groups excluding carboxylic acids is 1. The summed E-state index contributed by atoms with van der Waals surface area (Å²) in [5, 5.41) is 0. The van der Waals surface area contributed by atoms with E-state index in [-0.39, 0.29) is 11.5 Å². The Morgan fingerprint density at radius 3 is 2.69 bits per heavy atom.